The Labute approximate surface area is 86.9 Å². The number of amides is 3. The molecule has 0 aliphatic carbocycles. The molecule has 0 aromatic carbocycles. The molecule has 0 spiro atoms. The van der Waals surface area contributed by atoms with Crippen molar-refractivity contribution in [3.05, 3.63) is 30.1 Å². The zero-order valence-electron chi connectivity index (χ0n) is 8.28. The average Bonchev–Trinajstić information content (AvgIpc) is 2.56. The van der Waals surface area contributed by atoms with Gasteiger partial charge >= 0.3 is 6.03 Å². The SMILES string of the molecule is CCC1(c2ccccn2)NC(=O)NC1=O. The maximum atomic E-state index is 11.7. The number of aromatic nitrogens is 1. The highest BCUT2D eigenvalue weighted by Crippen LogP contribution is 2.26. The Bertz CT molecular complexity index is 404. The number of nitrogens with zero attached hydrogens (tertiary/aromatic N) is 1. The summed E-state index contributed by atoms with van der Waals surface area (Å²) in [6.45, 7) is 1.83. The second-order valence-corrected chi connectivity index (χ2v) is 3.38. The maximum Gasteiger partial charge on any atom is 0.322 e. The molecule has 2 N–H and O–H groups in total. The van der Waals surface area contributed by atoms with Gasteiger partial charge in [-0.3, -0.25) is 15.1 Å². The van der Waals surface area contributed by atoms with E-state index in [1.807, 2.05) is 6.92 Å². The summed E-state index contributed by atoms with van der Waals surface area (Å²) in [6.07, 6.45) is 2.08. The van der Waals surface area contributed by atoms with Crippen LogP contribution in [0.15, 0.2) is 24.4 Å². The molecule has 1 aliphatic rings. The molecular weight excluding hydrogens is 194 g/mol. The fraction of sp³-hybridized carbons (Fsp3) is 0.300. The van der Waals surface area contributed by atoms with E-state index in [9.17, 15) is 9.59 Å². The van der Waals surface area contributed by atoms with Gasteiger partial charge in [0.15, 0.2) is 5.54 Å². The topological polar surface area (TPSA) is 71.1 Å². The van der Waals surface area contributed by atoms with E-state index in [1.165, 1.54) is 0 Å². The molecule has 15 heavy (non-hydrogen) atoms. The second kappa shape index (κ2) is 3.34. The maximum absolute atomic E-state index is 11.7. The Morgan fingerprint density at radius 3 is 2.67 bits per heavy atom. The Morgan fingerprint density at radius 1 is 1.40 bits per heavy atom. The normalized spacial score (nSPS) is 24.9. The van der Waals surface area contributed by atoms with Gasteiger partial charge in [-0.15, -0.1) is 0 Å². The molecule has 5 heteroatoms. The Hall–Kier alpha value is -1.91. The fourth-order valence-electron chi connectivity index (χ4n) is 1.72. The van der Waals surface area contributed by atoms with Crippen LogP contribution in [0.1, 0.15) is 19.0 Å². The van der Waals surface area contributed by atoms with E-state index in [4.69, 9.17) is 0 Å². The molecule has 5 nitrogen and oxygen atoms in total. The minimum absolute atomic E-state index is 0.339. The molecule has 1 saturated heterocycles. The fourth-order valence-corrected chi connectivity index (χ4v) is 1.72. The van der Waals surface area contributed by atoms with Gasteiger partial charge in [0.1, 0.15) is 0 Å². The third-order valence-corrected chi connectivity index (χ3v) is 2.57. The molecule has 78 valence electrons. The Morgan fingerprint density at radius 2 is 2.20 bits per heavy atom. The van der Waals surface area contributed by atoms with E-state index in [-0.39, 0.29) is 5.91 Å². The van der Waals surface area contributed by atoms with E-state index in [0.717, 1.165) is 0 Å². The highest BCUT2D eigenvalue weighted by molar-refractivity contribution is 6.07. The van der Waals surface area contributed by atoms with Crippen molar-refractivity contribution in [2.24, 2.45) is 0 Å². The molecule has 1 unspecified atom stereocenters. The van der Waals surface area contributed by atoms with E-state index < -0.39 is 11.6 Å². The first-order valence-corrected chi connectivity index (χ1v) is 4.74. The van der Waals surface area contributed by atoms with Gasteiger partial charge in [-0.25, -0.2) is 4.79 Å². The number of hydrogen-bond acceptors (Lipinski definition) is 3. The largest absolute Gasteiger partial charge is 0.322 e. The quantitative estimate of drug-likeness (QED) is 0.692. The second-order valence-electron chi connectivity index (χ2n) is 3.38. The van der Waals surface area contributed by atoms with Gasteiger partial charge in [0, 0.05) is 6.20 Å². The number of carbonyl (C=O) groups is 2. The van der Waals surface area contributed by atoms with Crippen molar-refractivity contribution in [1.82, 2.24) is 15.6 Å². The van der Waals surface area contributed by atoms with Crippen molar-refractivity contribution in [3.63, 3.8) is 0 Å². The Kier molecular flexibility index (Phi) is 2.15. The number of rotatable bonds is 2. The van der Waals surface area contributed by atoms with Crippen molar-refractivity contribution in [1.29, 1.82) is 0 Å². The third-order valence-electron chi connectivity index (χ3n) is 2.57. The first-order valence-electron chi connectivity index (χ1n) is 4.74. The highest BCUT2D eigenvalue weighted by Gasteiger charge is 2.47. The molecular formula is C10H11N3O2. The molecule has 1 aliphatic heterocycles. The highest BCUT2D eigenvalue weighted by atomic mass is 16.2. The van der Waals surface area contributed by atoms with Crippen molar-refractivity contribution < 1.29 is 9.59 Å². The van der Waals surface area contributed by atoms with Crippen molar-refractivity contribution in [2.75, 3.05) is 0 Å². The summed E-state index contributed by atoms with van der Waals surface area (Å²) in [5.41, 5.74) is -0.436. The van der Waals surface area contributed by atoms with Gasteiger partial charge in [0.25, 0.3) is 5.91 Å². The van der Waals surface area contributed by atoms with Crippen LogP contribution in [0.2, 0.25) is 0 Å². The summed E-state index contributed by atoms with van der Waals surface area (Å²) in [6, 6.07) is 4.82. The van der Waals surface area contributed by atoms with Crippen LogP contribution in [0.4, 0.5) is 4.79 Å². The lowest BCUT2D eigenvalue weighted by Crippen LogP contribution is -2.43. The van der Waals surface area contributed by atoms with Crippen LogP contribution in [0.5, 0.6) is 0 Å². The molecule has 1 aromatic rings. The van der Waals surface area contributed by atoms with Crippen LogP contribution in [0, 0.1) is 0 Å². The summed E-state index contributed by atoms with van der Waals surface area (Å²) < 4.78 is 0. The summed E-state index contributed by atoms with van der Waals surface area (Å²) in [7, 11) is 0. The number of urea groups is 1. The minimum Gasteiger partial charge on any atom is -0.318 e. The average molecular weight is 205 g/mol. The van der Waals surface area contributed by atoms with Crippen LogP contribution >= 0.6 is 0 Å². The molecule has 1 aromatic heterocycles. The van der Waals surface area contributed by atoms with Gasteiger partial charge in [0.2, 0.25) is 0 Å². The summed E-state index contributed by atoms with van der Waals surface area (Å²) >= 11 is 0. The van der Waals surface area contributed by atoms with Crippen molar-refractivity contribution >= 4 is 11.9 Å². The number of hydrogen-bond donors (Lipinski definition) is 2. The number of nitrogens with one attached hydrogen (secondary N) is 2. The first kappa shape index (κ1) is 9.64. The zero-order chi connectivity index (χ0) is 10.9. The van der Waals surface area contributed by atoms with Gasteiger partial charge in [0.05, 0.1) is 5.69 Å². The lowest BCUT2D eigenvalue weighted by molar-refractivity contribution is -0.124. The van der Waals surface area contributed by atoms with E-state index in [1.54, 1.807) is 24.4 Å². The van der Waals surface area contributed by atoms with Gasteiger partial charge in [-0.05, 0) is 18.6 Å². The Balaban J connectivity index is 2.47. The standard InChI is InChI=1S/C10H11N3O2/c1-2-10(7-5-3-4-6-11-7)8(14)12-9(15)13-10/h3-6H,2H2,1H3,(H2,12,13,14,15). The van der Waals surface area contributed by atoms with Crippen molar-refractivity contribution in [2.45, 2.75) is 18.9 Å². The summed E-state index contributed by atoms with van der Waals surface area (Å²) in [5, 5.41) is 4.85. The summed E-state index contributed by atoms with van der Waals surface area (Å²) in [5.74, 6) is -0.339. The van der Waals surface area contributed by atoms with Gasteiger partial charge in [-0.2, -0.15) is 0 Å². The lowest BCUT2D eigenvalue weighted by Gasteiger charge is -2.23. The third kappa shape index (κ3) is 1.36. The number of carbonyl (C=O) groups excluding carboxylic acids is 2. The van der Waals surface area contributed by atoms with Crippen LogP contribution in [0.3, 0.4) is 0 Å². The first-order chi connectivity index (χ1) is 7.19. The van der Waals surface area contributed by atoms with Crippen LogP contribution in [-0.2, 0) is 10.3 Å². The van der Waals surface area contributed by atoms with E-state index >= 15 is 0 Å². The lowest BCUT2D eigenvalue weighted by atomic mass is 9.92. The molecule has 2 heterocycles. The minimum atomic E-state index is -1.00. The van der Waals surface area contributed by atoms with Crippen LogP contribution < -0.4 is 10.6 Å². The molecule has 0 radical (unpaired) electrons. The van der Waals surface area contributed by atoms with Gasteiger partial charge < -0.3 is 5.32 Å². The zero-order valence-corrected chi connectivity index (χ0v) is 8.28. The van der Waals surface area contributed by atoms with E-state index in [0.29, 0.717) is 12.1 Å². The molecule has 0 bridgehead atoms. The van der Waals surface area contributed by atoms with Crippen LogP contribution in [-0.4, -0.2) is 16.9 Å². The molecule has 1 atom stereocenters. The van der Waals surface area contributed by atoms with Crippen molar-refractivity contribution in [3.8, 4) is 0 Å². The molecule has 3 amide bonds. The predicted molar refractivity (Wildman–Crippen MR) is 52.9 cm³/mol. The van der Waals surface area contributed by atoms with Crippen LogP contribution in [0.25, 0.3) is 0 Å². The molecule has 0 saturated carbocycles. The molecule has 1 fully saturated rings. The monoisotopic (exact) mass is 205 g/mol. The van der Waals surface area contributed by atoms with E-state index in [2.05, 4.69) is 15.6 Å². The summed E-state index contributed by atoms with van der Waals surface area (Å²) in [4.78, 5) is 26.9. The van der Waals surface area contributed by atoms with Gasteiger partial charge in [-0.1, -0.05) is 13.0 Å². The molecule has 2 rings (SSSR count). The smallest absolute Gasteiger partial charge is 0.318 e. The predicted octanol–water partition coefficient (Wildman–Crippen LogP) is 0.526. The number of imide groups is 1. The number of pyridine rings is 1.